The van der Waals surface area contributed by atoms with E-state index in [0.29, 0.717) is 13.0 Å². The van der Waals surface area contributed by atoms with Crippen molar-refractivity contribution in [3.63, 3.8) is 0 Å². The van der Waals surface area contributed by atoms with Crippen LogP contribution < -0.4 is 0 Å². The van der Waals surface area contributed by atoms with E-state index in [9.17, 15) is 4.79 Å². The monoisotopic (exact) mass is 400 g/mol. The molecule has 3 heteroatoms. The Morgan fingerprint density at radius 1 is 0.690 bits per heavy atom. The first-order valence-electron chi connectivity index (χ1n) is 10.8. The Morgan fingerprint density at radius 2 is 1.10 bits per heavy atom. The Balaban J connectivity index is 3.60. The second kappa shape index (κ2) is 19.2. The van der Waals surface area contributed by atoms with Crippen LogP contribution in [-0.4, -0.2) is 44.7 Å². The lowest BCUT2D eigenvalue weighted by Crippen LogP contribution is -2.37. The van der Waals surface area contributed by atoms with E-state index in [1.54, 1.807) is 0 Å². The summed E-state index contributed by atoms with van der Waals surface area (Å²) < 4.78 is 6.04. The smallest absolute Gasteiger partial charge is 0.306 e. The predicted octanol–water partition coefficient (Wildman–Crippen LogP) is 6.32. The summed E-state index contributed by atoms with van der Waals surface area (Å²) in [5.74, 6) is -0.109. The van der Waals surface area contributed by atoms with Gasteiger partial charge >= 0.3 is 5.97 Å². The number of ether oxygens (including phenoxy) is 1. The normalized spacial score (nSPS) is 13.4. The molecule has 0 bridgehead atoms. The molecule has 0 radical (unpaired) electrons. The molecule has 0 aliphatic heterocycles. The second-order valence-corrected chi connectivity index (χ2v) is 7.88. The van der Waals surface area contributed by atoms with Crippen molar-refractivity contribution in [2.75, 3.05) is 34.3 Å². The third kappa shape index (κ3) is 23.8. The van der Waals surface area contributed by atoms with Crippen LogP contribution in [0.1, 0.15) is 51.9 Å². The average Bonchev–Trinajstić information content (AvgIpc) is 2.66. The molecule has 0 unspecified atom stereocenters. The molecule has 0 aromatic heterocycles. The number of quaternary nitrogens is 1. The highest BCUT2D eigenvalue weighted by Gasteiger charge is 2.08. The summed E-state index contributed by atoms with van der Waals surface area (Å²) in [7, 11) is 6.26. The van der Waals surface area contributed by atoms with E-state index in [2.05, 4.69) is 94.1 Å². The van der Waals surface area contributed by atoms with Gasteiger partial charge in [-0.3, -0.25) is 4.79 Å². The molecule has 0 aromatic rings. The minimum absolute atomic E-state index is 0.109. The van der Waals surface area contributed by atoms with Gasteiger partial charge in [0.25, 0.3) is 0 Å². The maximum atomic E-state index is 11.6. The fourth-order valence-corrected chi connectivity index (χ4v) is 2.22. The lowest BCUT2D eigenvalue weighted by atomic mass is 10.2. The van der Waals surface area contributed by atoms with Gasteiger partial charge in [-0.1, -0.05) is 72.9 Å². The minimum Gasteiger partial charge on any atom is -0.460 e. The van der Waals surface area contributed by atoms with Crippen molar-refractivity contribution in [3.8, 4) is 0 Å². The van der Waals surface area contributed by atoms with E-state index in [0.717, 1.165) is 49.6 Å². The Hall–Kier alpha value is -2.13. The molecular formula is C26H42NO2+. The van der Waals surface area contributed by atoms with E-state index in [1.807, 2.05) is 6.92 Å². The predicted molar refractivity (Wildman–Crippen MR) is 127 cm³/mol. The number of rotatable bonds is 16. The number of allylic oxidation sites excluding steroid dienone is 12. The molecule has 0 aliphatic carbocycles. The van der Waals surface area contributed by atoms with Crippen LogP contribution in [0.3, 0.4) is 0 Å². The number of nitrogens with zero attached hydrogens (tertiary/aromatic N) is 1. The first-order chi connectivity index (χ1) is 14.0. The zero-order valence-corrected chi connectivity index (χ0v) is 19.1. The van der Waals surface area contributed by atoms with Crippen LogP contribution in [0.25, 0.3) is 0 Å². The minimum atomic E-state index is -0.109. The Kier molecular flexibility index (Phi) is 17.8. The van der Waals surface area contributed by atoms with E-state index in [1.165, 1.54) is 0 Å². The quantitative estimate of drug-likeness (QED) is 0.172. The summed E-state index contributed by atoms with van der Waals surface area (Å²) in [6.45, 7) is 3.37. The number of carbonyl (C=O) groups excluding carboxylic acids is 1. The van der Waals surface area contributed by atoms with Crippen molar-refractivity contribution in [1.82, 2.24) is 0 Å². The van der Waals surface area contributed by atoms with Gasteiger partial charge in [0, 0.05) is 6.42 Å². The maximum Gasteiger partial charge on any atom is 0.306 e. The van der Waals surface area contributed by atoms with Gasteiger partial charge in [-0.25, -0.2) is 0 Å². The summed E-state index contributed by atoms with van der Waals surface area (Å²) >= 11 is 0. The molecule has 0 rings (SSSR count). The molecule has 3 nitrogen and oxygen atoms in total. The first kappa shape index (κ1) is 26.9. The standard InChI is InChI=1S/C26H42NO2/c1-5-6-7-8-9-10-11-12-13-14-15-16-17-18-19-20-21-22-23-26(28)29-25-24-27(2,3)4/h5-6,8-9,11-12,14-15,17-18,20-21H,7,10,13,16,19,22-25H2,1-4H3/q+1/b6-5-,9-8-,12-11-,15-14-,18-17-,21-20-. The van der Waals surface area contributed by atoms with Gasteiger partial charge in [0.1, 0.15) is 13.2 Å². The third-order valence-corrected chi connectivity index (χ3v) is 3.97. The van der Waals surface area contributed by atoms with E-state index in [-0.39, 0.29) is 5.97 Å². The van der Waals surface area contributed by atoms with Crippen molar-refractivity contribution in [3.05, 3.63) is 72.9 Å². The second-order valence-electron chi connectivity index (χ2n) is 7.88. The fourth-order valence-electron chi connectivity index (χ4n) is 2.22. The van der Waals surface area contributed by atoms with Crippen LogP contribution in [0.5, 0.6) is 0 Å². The van der Waals surface area contributed by atoms with Crippen LogP contribution >= 0.6 is 0 Å². The molecule has 0 aliphatic rings. The van der Waals surface area contributed by atoms with Gasteiger partial charge in [-0.15, -0.1) is 0 Å². The molecule has 0 N–H and O–H groups in total. The number of esters is 1. The summed E-state index contributed by atoms with van der Waals surface area (Å²) in [5.41, 5.74) is 0. The molecule has 29 heavy (non-hydrogen) atoms. The van der Waals surface area contributed by atoms with Gasteiger partial charge in [0.05, 0.1) is 21.1 Å². The summed E-state index contributed by atoms with van der Waals surface area (Å²) in [5, 5.41) is 0. The fraction of sp³-hybridized carbons (Fsp3) is 0.500. The van der Waals surface area contributed by atoms with Crippen molar-refractivity contribution < 1.29 is 14.0 Å². The molecule has 0 saturated heterocycles. The zero-order valence-electron chi connectivity index (χ0n) is 19.1. The summed E-state index contributed by atoms with van der Waals surface area (Å²) in [4.78, 5) is 11.6. The van der Waals surface area contributed by atoms with E-state index in [4.69, 9.17) is 4.74 Å². The number of carbonyl (C=O) groups is 1. The SMILES string of the molecule is C/C=C\C/C=C\C/C=C\C/C=C\C/C=C\C/C=C\CCC(=O)OCC[N+](C)(C)C. The Morgan fingerprint density at radius 3 is 1.52 bits per heavy atom. The third-order valence-electron chi connectivity index (χ3n) is 3.97. The highest BCUT2D eigenvalue weighted by Crippen LogP contribution is 1.99. The van der Waals surface area contributed by atoms with Crippen LogP contribution in [0.2, 0.25) is 0 Å². The first-order valence-corrected chi connectivity index (χ1v) is 10.8. The van der Waals surface area contributed by atoms with E-state index < -0.39 is 0 Å². The molecular weight excluding hydrogens is 358 g/mol. The number of hydrogen-bond acceptors (Lipinski definition) is 2. The van der Waals surface area contributed by atoms with E-state index >= 15 is 0 Å². The molecule has 0 saturated carbocycles. The molecule has 0 atom stereocenters. The molecule has 0 spiro atoms. The van der Waals surface area contributed by atoms with Gasteiger partial charge in [0.2, 0.25) is 0 Å². The molecule has 0 heterocycles. The summed E-state index contributed by atoms with van der Waals surface area (Å²) in [6, 6.07) is 0. The Bertz CT molecular complexity index is 572. The summed E-state index contributed by atoms with van der Waals surface area (Å²) in [6.07, 6.45) is 32.0. The number of hydrogen-bond donors (Lipinski definition) is 0. The molecule has 0 fully saturated rings. The highest BCUT2D eigenvalue weighted by atomic mass is 16.5. The number of likely N-dealkylation sites (N-methyl/N-ethyl adjacent to an activating group) is 1. The van der Waals surface area contributed by atoms with Gasteiger partial charge in [-0.2, -0.15) is 0 Å². The lowest BCUT2D eigenvalue weighted by Gasteiger charge is -2.23. The lowest BCUT2D eigenvalue weighted by molar-refractivity contribution is -0.870. The zero-order chi connectivity index (χ0) is 21.6. The van der Waals surface area contributed by atoms with Crippen molar-refractivity contribution in [2.45, 2.75) is 51.9 Å². The topological polar surface area (TPSA) is 26.3 Å². The van der Waals surface area contributed by atoms with Gasteiger partial charge in [0.15, 0.2) is 0 Å². The largest absolute Gasteiger partial charge is 0.460 e. The van der Waals surface area contributed by atoms with Crippen LogP contribution in [0, 0.1) is 0 Å². The van der Waals surface area contributed by atoms with Crippen molar-refractivity contribution in [2.24, 2.45) is 0 Å². The average molecular weight is 401 g/mol. The molecule has 162 valence electrons. The van der Waals surface area contributed by atoms with Crippen molar-refractivity contribution in [1.29, 1.82) is 0 Å². The van der Waals surface area contributed by atoms with Crippen LogP contribution in [-0.2, 0) is 9.53 Å². The molecule has 0 amide bonds. The Labute approximate surface area is 179 Å². The van der Waals surface area contributed by atoms with Gasteiger partial charge < -0.3 is 9.22 Å². The van der Waals surface area contributed by atoms with Gasteiger partial charge in [-0.05, 0) is 45.4 Å². The van der Waals surface area contributed by atoms with Crippen LogP contribution in [0.4, 0.5) is 0 Å². The van der Waals surface area contributed by atoms with Crippen molar-refractivity contribution >= 4 is 5.97 Å². The highest BCUT2D eigenvalue weighted by molar-refractivity contribution is 5.69. The van der Waals surface area contributed by atoms with Crippen LogP contribution in [0.15, 0.2) is 72.9 Å². The molecule has 0 aromatic carbocycles. The maximum absolute atomic E-state index is 11.6.